The third kappa shape index (κ3) is 3.54. The van der Waals surface area contributed by atoms with Gasteiger partial charge < -0.3 is 14.6 Å². The molecule has 1 saturated heterocycles. The van der Waals surface area contributed by atoms with Crippen molar-refractivity contribution in [3.63, 3.8) is 0 Å². The van der Waals surface area contributed by atoms with Crippen LogP contribution in [0.25, 0.3) is 6.08 Å². The highest BCUT2D eigenvalue weighted by Gasteiger charge is 2.40. The van der Waals surface area contributed by atoms with Crippen molar-refractivity contribution in [3.05, 3.63) is 35.2 Å². The Labute approximate surface area is 110 Å². The van der Waals surface area contributed by atoms with Gasteiger partial charge in [-0.3, -0.25) is 0 Å². The molecule has 1 N–H and O–H groups in total. The lowest BCUT2D eigenvalue weighted by Crippen LogP contribution is -2.17. The van der Waals surface area contributed by atoms with Crippen LogP contribution in [-0.4, -0.2) is 29.9 Å². The first kappa shape index (κ1) is 13.5. The predicted octanol–water partition coefficient (Wildman–Crippen LogP) is 2.48. The topological polar surface area (TPSA) is 59.1 Å². The SMILES string of the molecule is CC(=Cc1cc(F)ccc1OC[C@]1(C)CO1)C(=O)O. The van der Waals surface area contributed by atoms with E-state index in [0.29, 0.717) is 24.5 Å². The first-order valence-corrected chi connectivity index (χ1v) is 5.87. The van der Waals surface area contributed by atoms with Gasteiger partial charge in [-0.2, -0.15) is 0 Å². The van der Waals surface area contributed by atoms with Crippen molar-refractivity contribution < 1.29 is 23.8 Å². The highest BCUT2D eigenvalue weighted by Crippen LogP contribution is 2.29. The van der Waals surface area contributed by atoms with Gasteiger partial charge in [0.1, 0.15) is 23.8 Å². The third-order valence-corrected chi connectivity index (χ3v) is 2.85. The zero-order valence-corrected chi connectivity index (χ0v) is 10.8. The van der Waals surface area contributed by atoms with E-state index in [-0.39, 0.29) is 11.2 Å². The van der Waals surface area contributed by atoms with Crippen LogP contribution in [0.5, 0.6) is 5.75 Å². The maximum Gasteiger partial charge on any atom is 0.331 e. The van der Waals surface area contributed by atoms with E-state index in [0.717, 1.165) is 0 Å². The molecule has 1 heterocycles. The molecule has 0 unspecified atom stereocenters. The second-order valence-electron chi connectivity index (χ2n) is 4.84. The zero-order valence-electron chi connectivity index (χ0n) is 10.8. The molecule has 0 aliphatic carbocycles. The van der Waals surface area contributed by atoms with Crippen LogP contribution in [0.3, 0.4) is 0 Å². The van der Waals surface area contributed by atoms with Gasteiger partial charge in [-0.05, 0) is 38.1 Å². The summed E-state index contributed by atoms with van der Waals surface area (Å²) in [5, 5.41) is 8.85. The second kappa shape index (κ2) is 5.01. The lowest BCUT2D eigenvalue weighted by molar-refractivity contribution is -0.132. The maximum atomic E-state index is 13.2. The van der Waals surface area contributed by atoms with Crippen LogP contribution in [-0.2, 0) is 9.53 Å². The van der Waals surface area contributed by atoms with Crippen molar-refractivity contribution in [1.29, 1.82) is 0 Å². The van der Waals surface area contributed by atoms with Gasteiger partial charge in [-0.15, -0.1) is 0 Å². The average molecular weight is 266 g/mol. The van der Waals surface area contributed by atoms with Gasteiger partial charge in [0.05, 0.1) is 6.61 Å². The van der Waals surface area contributed by atoms with Gasteiger partial charge in [0.25, 0.3) is 0 Å². The number of carboxylic acids is 1. The Morgan fingerprint density at radius 3 is 2.89 bits per heavy atom. The van der Waals surface area contributed by atoms with Crippen molar-refractivity contribution in [2.24, 2.45) is 0 Å². The van der Waals surface area contributed by atoms with Crippen molar-refractivity contribution >= 4 is 12.0 Å². The van der Waals surface area contributed by atoms with Crippen molar-refractivity contribution in [2.45, 2.75) is 19.4 Å². The normalized spacial score (nSPS) is 22.2. The lowest BCUT2D eigenvalue weighted by Gasteiger charge is -2.11. The summed E-state index contributed by atoms with van der Waals surface area (Å²) in [5.41, 5.74) is 0.241. The number of carboxylic acid groups (broad SMARTS) is 1. The molecule has 102 valence electrons. The zero-order chi connectivity index (χ0) is 14.0. The minimum atomic E-state index is -1.05. The van der Waals surface area contributed by atoms with Crippen LogP contribution >= 0.6 is 0 Å². The summed E-state index contributed by atoms with van der Waals surface area (Å²) in [7, 11) is 0. The molecule has 0 bridgehead atoms. The maximum absolute atomic E-state index is 13.2. The number of aliphatic carboxylic acids is 1. The Morgan fingerprint density at radius 2 is 2.32 bits per heavy atom. The second-order valence-corrected chi connectivity index (χ2v) is 4.84. The highest BCUT2D eigenvalue weighted by molar-refractivity contribution is 5.91. The molecule has 0 aromatic heterocycles. The summed E-state index contributed by atoms with van der Waals surface area (Å²) in [5.74, 6) is -1.04. The fourth-order valence-corrected chi connectivity index (χ4v) is 1.50. The van der Waals surface area contributed by atoms with E-state index in [1.165, 1.54) is 31.2 Å². The first-order chi connectivity index (χ1) is 8.89. The number of carbonyl (C=O) groups is 1. The summed E-state index contributed by atoms with van der Waals surface area (Å²) in [6.45, 7) is 4.34. The van der Waals surface area contributed by atoms with Gasteiger partial charge in [-0.1, -0.05) is 0 Å². The molecule has 0 amide bonds. The standard InChI is InChI=1S/C14H15FO4/c1-9(13(16)17)5-10-6-11(15)3-4-12(10)18-7-14(2)8-19-14/h3-6H,7-8H2,1-2H3,(H,16,17)/t14-/m1/s1. The molecule has 0 saturated carbocycles. The average Bonchev–Trinajstić information content (AvgIpc) is 3.06. The molecule has 1 aromatic rings. The molecule has 1 aliphatic heterocycles. The number of ether oxygens (including phenoxy) is 2. The van der Waals surface area contributed by atoms with E-state index in [4.69, 9.17) is 14.6 Å². The summed E-state index contributed by atoms with van der Waals surface area (Å²) in [6, 6.07) is 4.01. The van der Waals surface area contributed by atoms with Crippen molar-refractivity contribution in [1.82, 2.24) is 0 Å². The predicted molar refractivity (Wildman–Crippen MR) is 67.5 cm³/mol. The molecule has 1 atom stereocenters. The number of hydrogen-bond acceptors (Lipinski definition) is 3. The van der Waals surface area contributed by atoms with Crippen LogP contribution in [0.15, 0.2) is 23.8 Å². The molecular formula is C14H15FO4. The summed E-state index contributed by atoms with van der Waals surface area (Å²) >= 11 is 0. The Hall–Kier alpha value is -1.88. The molecule has 2 rings (SSSR count). The quantitative estimate of drug-likeness (QED) is 0.657. The fourth-order valence-electron chi connectivity index (χ4n) is 1.50. The Morgan fingerprint density at radius 1 is 1.63 bits per heavy atom. The molecule has 1 aliphatic rings. The van der Waals surface area contributed by atoms with E-state index in [1.807, 2.05) is 6.92 Å². The van der Waals surface area contributed by atoms with Crippen LogP contribution in [0.4, 0.5) is 4.39 Å². The Bertz CT molecular complexity index is 532. The van der Waals surface area contributed by atoms with Gasteiger partial charge in [-0.25, -0.2) is 9.18 Å². The minimum Gasteiger partial charge on any atom is -0.490 e. The van der Waals surface area contributed by atoms with Gasteiger partial charge in [0.15, 0.2) is 0 Å². The fraction of sp³-hybridized carbons (Fsp3) is 0.357. The number of epoxide rings is 1. The van der Waals surface area contributed by atoms with E-state index in [9.17, 15) is 9.18 Å². The number of halogens is 1. The highest BCUT2D eigenvalue weighted by atomic mass is 19.1. The van der Waals surface area contributed by atoms with E-state index in [1.54, 1.807) is 0 Å². The van der Waals surface area contributed by atoms with Crippen LogP contribution in [0, 0.1) is 5.82 Å². The summed E-state index contributed by atoms with van der Waals surface area (Å²) in [4.78, 5) is 10.8. The molecular weight excluding hydrogens is 251 g/mol. The van der Waals surface area contributed by atoms with Gasteiger partial charge in [0.2, 0.25) is 0 Å². The Kier molecular flexibility index (Phi) is 3.57. The van der Waals surface area contributed by atoms with Crippen LogP contribution in [0.1, 0.15) is 19.4 Å². The molecule has 19 heavy (non-hydrogen) atoms. The van der Waals surface area contributed by atoms with E-state index < -0.39 is 11.8 Å². The molecule has 0 spiro atoms. The summed E-state index contributed by atoms with van der Waals surface area (Å²) < 4.78 is 24.0. The minimum absolute atomic E-state index is 0.115. The van der Waals surface area contributed by atoms with Gasteiger partial charge >= 0.3 is 5.97 Å². The largest absolute Gasteiger partial charge is 0.490 e. The molecule has 5 heteroatoms. The van der Waals surface area contributed by atoms with E-state index in [2.05, 4.69) is 0 Å². The van der Waals surface area contributed by atoms with Crippen molar-refractivity contribution in [3.8, 4) is 5.75 Å². The summed E-state index contributed by atoms with van der Waals surface area (Å²) in [6.07, 6.45) is 1.39. The monoisotopic (exact) mass is 266 g/mol. The molecule has 0 radical (unpaired) electrons. The molecule has 1 aromatic carbocycles. The molecule has 1 fully saturated rings. The van der Waals surface area contributed by atoms with Crippen LogP contribution in [0.2, 0.25) is 0 Å². The first-order valence-electron chi connectivity index (χ1n) is 5.87. The smallest absolute Gasteiger partial charge is 0.331 e. The number of hydrogen-bond donors (Lipinski definition) is 1. The van der Waals surface area contributed by atoms with E-state index >= 15 is 0 Å². The lowest BCUT2D eigenvalue weighted by atomic mass is 10.1. The third-order valence-electron chi connectivity index (χ3n) is 2.85. The molecule has 4 nitrogen and oxygen atoms in total. The van der Waals surface area contributed by atoms with Gasteiger partial charge in [0, 0.05) is 11.1 Å². The Balaban J connectivity index is 2.22. The number of rotatable bonds is 5. The van der Waals surface area contributed by atoms with Crippen molar-refractivity contribution in [2.75, 3.05) is 13.2 Å². The number of benzene rings is 1. The van der Waals surface area contributed by atoms with Crippen LogP contribution < -0.4 is 4.74 Å².